The first-order valence-electron chi connectivity index (χ1n) is 7.66. The van der Waals surface area contributed by atoms with Crippen LogP contribution in [0.3, 0.4) is 0 Å². The average molecular weight is 369 g/mol. The highest BCUT2D eigenvalue weighted by Gasteiger charge is 2.43. The summed E-state index contributed by atoms with van der Waals surface area (Å²) in [6.07, 6.45) is 0.153. The first-order valence-corrected chi connectivity index (χ1v) is 12.1. The summed E-state index contributed by atoms with van der Waals surface area (Å²) in [6.45, 7) is 10.1. The molecule has 0 saturated heterocycles. The Morgan fingerprint density at radius 1 is 1.17 bits per heavy atom. The maximum Gasteiger partial charge on any atom is 0.364 e. The second kappa shape index (κ2) is 6.11. The molecule has 0 saturated carbocycles. The quantitative estimate of drug-likeness (QED) is 0.638. The zero-order valence-electron chi connectivity index (χ0n) is 14.6. The van der Waals surface area contributed by atoms with E-state index in [1.807, 2.05) is 39.9 Å². The molecule has 1 unspecified atom stereocenters. The molecular formula is C16H24N2O4SSi. The minimum absolute atomic E-state index is 0.185. The van der Waals surface area contributed by atoms with Crippen LogP contribution in [-0.2, 0) is 10.3 Å². The molecular weight excluding hydrogens is 344 g/mol. The highest BCUT2D eigenvalue weighted by atomic mass is 32.2. The lowest BCUT2D eigenvalue weighted by Gasteiger charge is -2.35. The molecule has 0 fully saturated rings. The van der Waals surface area contributed by atoms with Crippen molar-refractivity contribution >= 4 is 23.8 Å². The molecule has 0 radical (unpaired) electrons. The van der Waals surface area contributed by atoms with E-state index in [1.165, 1.54) is 6.20 Å². The largest absolute Gasteiger partial charge is 0.382 e. The van der Waals surface area contributed by atoms with Crippen molar-refractivity contribution < 1.29 is 18.1 Å². The van der Waals surface area contributed by atoms with Gasteiger partial charge in [0, 0.05) is 6.20 Å². The molecule has 2 rings (SSSR count). The van der Waals surface area contributed by atoms with Gasteiger partial charge in [-0.05, 0) is 10.6 Å². The van der Waals surface area contributed by atoms with Gasteiger partial charge < -0.3 is 5.11 Å². The van der Waals surface area contributed by atoms with E-state index in [1.54, 1.807) is 24.3 Å². The van der Waals surface area contributed by atoms with Crippen LogP contribution in [0.25, 0.3) is 0 Å². The summed E-state index contributed by atoms with van der Waals surface area (Å²) in [4.78, 5) is 4.43. The van der Waals surface area contributed by atoms with Crippen molar-refractivity contribution in [3.05, 3.63) is 47.8 Å². The normalized spacial score (nSPS) is 14.6. The van der Waals surface area contributed by atoms with Crippen molar-refractivity contribution in [3.8, 4) is 0 Å². The van der Waals surface area contributed by atoms with Crippen LogP contribution in [0, 0.1) is 0 Å². The molecule has 0 amide bonds. The number of aliphatic hydroxyl groups excluding tert-OH is 1. The highest BCUT2D eigenvalue weighted by molar-refractivity contribution is 7.84. The van der Waals surface area contributed by atoms with Crippen molar-refractivity contribution in [1.82, 2.24) is 8.96 Å². The van der Waals surface area contributed by atoms with Gasteiger partial charge in [0.05, 0.1) is 5.69 Å². The van der Waals surface area contributed by atoms with Crippen molar-refractivity contribution in [2.75, 3.05) is 0 Å². The van der Waals surface area contributed by atoms with Gasteiger partial charge in [0.2, 0.25) is 0 Å². The molecule has 0 aliphatic rings. The van der Waals surface area contributed by atoms with Crippen LogP contribution in [0.15, 0.2) is 36.5 Å². The predicted octanol–water partition coefficient (Wildman–Crippen LogP) is 2.33. The predicted molar refractivity (Wildman–Crippen MR) is 96.5 cm³/mol. The van der Waals surface area contributed by atoms with E-state index in [0.29, 0.717) is 11.0 Å². The van der Waals surface area contributed by atoms with E-state index < -0.39 is 24.5 Å². The molecule has 6 nitrogen and oxygen atoms in total. The van der Waals surface area contributed by atoms with E-state index >= 15 is 0 Å². The van der Waals surface area contributed by atoms with Gasteiger partial charge in [-0.25, -0.2) is 8.96 Å². The molecule has 24 heavy (non-hydrogen) atoms. The molecule has 8 heteroatoms. The number of hydrogen-bond donors (Lipinski definition) is 2. The smallest absolute Gasteiger partial charge is 0.364 e. The minimum atomic E-state index is -4.49. The van der Waals surface area contributed by atoms with E-state index in [-0.39, 0.29) is 10.7 Å². The maximum atomic E-state index is 11.8. The second-order valence-corrected chi connectivity index (χ2v) is 13.9. The lowest BCUT2D eigenvalue weighted by atomic mass is 10.1. The van der Waals surface area contributed by atoms with E-state index in [0.717, 1.165) is 3.97 Å². The summed E-state index contributed by atoms with van der Waals surface area (Å²) >= 11 is 0. The first-order chi connectivity index (χ1) is 10.9. The van der Waals surface area contributed by atoms with Gasteiger partial charge in [0.1, 0.15) is 19.6 Å². The molecule has 1 aromatic carbocycles. The van der Waals surface area contributed by atoms with Crippen LogP contribution in [0.5, 0.6) is 0 Å². The first kappa shape index (κ1) is 18.8. The molecule has 132 valence electrons. The minimum Gasteiger partial charge on any atom is -0.382 e. The third-order valence-electron chi connectivity index (χ3n) is 4.77. The Morgan fingerprint density at radius 2 is 1.71 bits per heavy atom. The van der Waals surface area contributed by atoms with E-state index in [4.69, 9.17) is 0 Å². The Morgan fingerprint density at radius 3 is 2.17 bits per heavy atom. The zero-order chi connectivity index (χ0) is 18.3. The highest BCUT2D eigenvalue weighted by Crippen LogP contribution is 2.35. The summed E-state index contributed by atoms with van der Waals surface area (Å²) in [7, 11) is -6.85. The van der Waals surface area contributed by atoms with Crippen molar-refractivity contribution in [2.24, 2.45) is 0 Å². The number of rotatable bonds is 4. The lowest BCUT2D eigenvalue weighted by molar-refractivity contribution is 0.216. The average Bonchev–Trinajstić information content (AvgIpc) is 2.92. The molecule has 2 aromatic rings. The number of aliphatic hydroxyl groups is 1. The van der Waals surface area contributed by atoms with Gasteiger partial charge in [-0.2, -0.15) is 8.42 Å². The van der Waals surface area contributed by atoms with Crippen LogP contribution < -0.4 is 5.45 Å². The van der Waals surface area contributed by atoms with Crippen molar-refractivity contribution in [3.63, 3.8) is 0 Å². The molecule has 0 spiro atoms. The summed E-state index contributed by atoms with van der Waals surface area (Å²) in [5.41, 5.74) is 1.14. The van der Waals surface area contributed by atoms with Gasteiger partial charge in [0.25, 0.3) is 0 Å². The van der Waals surface area contributed by atoms with Gasteiger partial charge in [0.15, 0.2) is 0 Å². The number of benzene rings is 1. The molecule has 0 bridgehead atoms. The number of hydrogen-bond acceptors (Lipinski definition) is 4. The second-order valence-electron chi connectivity index (χ2n) is 7.45. The summed E-state index contributed by atoms with van der Waals surface area (Å²) in [6, 6.07) is 8.88. The maximum absolute atomic E-state index is 11.8. The third-order valence-corrected chi connectivity index (χ3v) is 10.9. The Labute approximate surface area is 144 Å². The van der Waals surface area contributed by atoms with Crippen LogP contribution >= 0.6 is 0 Å². The number of imidazole rings is 1. The third kappa shape index (κ3) is 3.46. The van der Waals surface area contributed by atoms with Crippen LogP contribution in [0.4, 0.5) is 0 Å². The van der Waals surface area contributed by atoms with E-state index in [2.05, 4.69) is 4.98 Å². The Bertz CT molecular complexity index is 824. The number of aromatic nitrogens is 2. The standard InChI is InChI=1S/C16H24N2O4SSi/c1-16(2,3)24(4,5)15-17-13(11-18(15)23(20,21)22)14(19)12-9-7-6-8-10-12/h6-11,14,19H,1-5H3,(H,20,21,22). The summed E-state index contributed by atoms with van der Waals surface area (Å²) in [5, 5.41) is 10.3. The molecule has 1 heterocycles. The van der Waals surface area contributed by atoms with Crippen LogP contribution in [-0.4, -0.2) is 35.1 Å². The molecule has 0 aliphatic heterocycles. The fourth-order valence-electron chi connectivity index (χ4n) is 2.25. The monoisotopic (exact) mass is 368 g/mol. The van der Waals surface area contributed by atoms with Crippen molar-refractivity contribution in [1.29, 1.82) is 0 Å². The summed E-state index contributed by atoms with van der Waals surface area (Å²) < 4.78 is 34.0. The topological polar surface area (TPSA) is 92.4 Å². The fourth-order valence-corrected chi connectivity index (χ4v) is 5.47. The molecule has 0 aliphatic carbocycles. The molecule has 1 atom stereocenters. The van der Waals surface area contributed by atoms with E-state index in [9.17, 15) is 18.1 Å². The molecule has 2 N–H and O–H groups in total. The van der Waals surface area contributed by atoms with Crippen molar-refractivity contribution in [2.45, 2.75) is 45.0 Å². The summed E-state index contributed by atoms with van der Waals surface area (Å²) in [5.74, 6) is 0. The molecule has 1 aromatic heterocycles. The van der Waals surface area contributed by atoms with Gasteiger partial charge in [-0.1, -0.05) is 64.2 Å². The Hall–Kier alpha value is -1.48. The Balaban J connectivity index is 2.63. The van der Waals surface area contributed by atoms with Gasteiger partial charge >= 0.3 is 10.3 Å². The van der Waals surface area contributed by atoms with Gasteiger partial charge in [-0.3, -0.25) is 4.55 Å². The van der Waals surface area contributed by atoms with Gasteiger partial charge in [-0.15, -0.1) is 0 Å². The fraction of sp³-hybridized carbons (Fsp3) is 0.438. The number of nitrogens with zero attached hydrogens (tertiary/aromatic N) is 2. The lowest BCUT2D eigenvalue weighted by Crippen LogP contribution is -2.54. The SMILES string of the molecule is CC(C)(C)[Si](C)(C)c1nc(C(O)c2ccccc2)cn1S(=O)(=O)O. The van der Waals surface area contributed by atoms with Crippen LogP contribution in [0.1, 0.15) is 38.1 Å². The zero-order valence-corrected chi connectivity index (χ0v) is 16.4. The Kier molecular flexibility index (Phi) is 4.80. The van der Waals surface area contributed by atoms with Crippen LogP contribution in [0.2, 0.25) is 18.1 Å².